The second kappa shape index (κ2) is 3.23. The Hall–Kier alpha value is -0.260. The van der Waals surface area contributed by atoms with Gasteiger partial charge in [0.25, 0.3) is 0 Å². The minimum absolute atomic E-state index is 0.862. The van der Waals surface area contributed by atoms with Crippen LogP contribution in [0.5, 0.6) is 0 Å². The summed E-state index contributed by atoms with van der Waals surface area (Å²) in [4.78, 5) is 0. The molecule has 0 nitrogen and oxygen atoms in total. The lowest BCUT2D eigenvalue weighted by Crippen LogP contribution is -2.12. The largest absolute Gasteiger partial charge is 0.0819 e. The molecule has 0 aromatic rings. The molecule has 58 valence electrons. The zero-order chi connectivity index (χ0) is 7.56. The van der Waals surface area contributed by atoms with Crippen molar-refractivity contribution >= 4 is 0 Å². The number of hydrogen-bond donors (Lipinski definition) is 0. The predicted molar refractivity (Wildman–Crippen MR) is 45.9 cm³/mol. The van der Waals surface area contributed by atoms with Gasteiger partial charge in [-0.05, 0) is 24.7 Å². The molecule has 0 aliphatic heterocycles. The molecular weight excluding hydrogens is 120 g/mol. The molecule has 1 aliphatic carbocycles. The summed E-state index contributed by atoms with van der Waals surface area (Å²) in [7, 11) is 0. The van der Waals surface area contributed by atoms with E-state index in [1.54, 1.807) is 5.57 Å². The van der Waals surface area contributed by atoms with Gasteiger partial charge in [0, 0.05) is 0 Å². The Morgan fingerprint density at radius 2 is 2.30 bits per heavy atom. The van der Waals surface area contributed by atoms with Gasteiger partial charge in [0.1, 0.15) is 0 Å². The third-order valence-electron chi connectivity index (χ3n) is 2.41. The van der Waals surface area contributed by atoms with Crippen molar-refractivity contribution in [2.24, 2.45) is 11.8 Å². The van der Waals surface area contributed by atoms with Crippen molar-refractivity contribution in [2.75, 3.05) is 0 Å². The Labute approximate surface area is 64.3 Å². The average molecular weight is 138 g/mol. The summed E-state index contributed by atoms with van der Waals surface area (Å²) in [5, 5.41) is 0. The van der Waals surface area contributed by atoms with Gasteiger partial charge < -0.3 is 0 Å². The number of hydrogen-bond acceptors (Lipinski definition) is 0. The monoisotopic (exact) mass is 138 g/mol. The maximum Gasteiger partial charge on any atom is -0.0222 e. The van der Waals surface area contributed by atoms with Crippen LogP contribution in [0.2, 0.25) is 0 Å². The smallest absolute Gasteiger partial charge is 0.0222 e. The van der Waals surface area contributed by atoms with Gasteiger partial charge in [-0.3, -0.25) is 0 Å². The molecular formula is C10H18. The molecule has 2 unspecified atom stereocenters. The number of rotatable bonds is 3. The second-order valence-corrected chi connectivity index (χ2v) is 3.61. The van der Waals surface area contributed by atoms with Crippen molar-refractivity contribution in [1.82, 2.24) is 0 Å². The molecule has 0 saturated heterocycles. The van der Waals surface area contributed by atoms with E-state index in [0.29, 0.717) is 0 Å². The van der Waals surface area contributed by atoms with Gasteiger partial charge in [0.05, 0.1) is 0 Å². The fourth-order valence-corrected chi connectivity index (χ4v) is 1.69. The molecule has 0 heteroatoms. The van der Waals surface area contributed by atoms with Crippen LogP contribution in [0.3, 0.4) is 0 Å². The van der Waals surface area contributed by atoms with Gasteiger partial charge in [-0.1, -0.05) is 38.8 Å². The van der Waals surface area contributed by atoms with E-state index in [-0.39, 0.29) is 0 Å². The van der Waals surface area contributed by atoms with Gasteiger partial charge in [-0.15, -0.1) is 0 Å². The quantitative estimate of drug-likeness (QED) is 0.524. The molecule has 0 saturated carbocycles. The first-order valence-corrected chi connectivity index (χ1v) is 4.44. The standard InChI is InChI=1S/C10H18/c1-4-5-9(3)10-6-8(2)7-10/h6,8-9H,4-5,7H2,1-3H3. The van der Waals surface area contributed by atoms with E-state index in [0.717, 1.165) is 11.8 Å². The Balaban J connectivity index is 2.30. The van der Waals surface area contributed by atoms with Gasteiger partial charge in [-0.25, -0.2) is 0 Å². The topological polar surface area (TPSA) is 0 Å². The van der Waals surface area contributed by atoms with Crippen molar-refractivity contribution in [1.29, 1.82) is 0 Å². The molecule has 0 spiro atoms. The van der Waals surface area contributed by atoms with Crippen molar-refractivity contribution in [3.05, 3.63) is 11.6 Å². The van der Waals surface area contributed by atoms with Crippen LogP contribution in [-0.2, 0) is 0 Å². The Bertz CT molecular complexity index is 133. The molecule has 0 bridgehead atoms. The average Bonchev–Trinajstić information content (AvgIpc) is 1.82. The SMILES string of the molecule is CCCC(C)C1=CC(C)C1. The molecule has 0 fully saturated rings. The minimum atomic E-state index is 0.862. The number of allylic oxidation sites excluding steroid dienone is 2. The van der Waals surface area contributed by atoms with Crippen molar-refractivity contribution in [2.45, 2.75) is 40.0 Å². The van der Waals surface area contributed by atoms with Crippen LogP contribution in [-0.4, -0.2) is 0 Å². The van der Waals surface area contributed by atoms with E-state index < -0.39 is 0 Å². The van der Waals surface area contributed by atoms with Gasteiger partial charge >= 0.3 is 0 Å². The molecule has 0 heterocycles. The first-order chi connectivity index (χ1) is 4.74. The molecule has 2 atom stereocenters. The summed E-state index contributed by atoms with van der Waals surface area (Å²) in [6.07, 6.45) is 6.49. The van der Waals surface area contributed by atoms with Crippen LogP contribution in [0.15, 0.2) is 11.6 Å². The van der Waals surface area contributed by atoms with Crippen LogP contribution >= 0.6 is 0 Å². The molecule has 0 aromatic heterocycles. The molecule has 0 aromatic carbocycles. The predicted octanol–water partition coefficient (Wildman–Crippen LogP) is 3.39. The summed E-state index contributed by atoms with van der Waals surface area (Å²) < 4.78 is 0. The zero-order valence-electron chi connectivity index (χ0n) is 7.35. The third kappa shape index (κ3) is 1.62. The van der Waals surface area contributed by atoms with Crippen LogP contribution in [0.25, 0.3) is 0 Å². The van der Waals surface area contributed by atoms with E-state index in [4.69, 9.17) is 0 Å². The van der Waals surface area contributed by atoms with E-state index in [9.17, 15) is 0 Å². The fraction of sp³-hybridized carbons (Fsp3) is 0.800. The van der Waals surface area contributed by atoms with Crippen molar-refractivity contribution in [3.8, 4) is 0 Å². The van der Waals surface area contributed by atoms with Crippen LogP contribution in [0, 0.1) is 11.8 Å². The summed E-state index contributed by atoms with van der Waals surface area (Å²) in [6, 6.07) is 0. The lowest BCUT2D eigenvalue weighted by atomic mass is 9.79. The van der Waals surface area contributed by atoms with Gasteiger partial charge in [0.15, 0.2) is 0 Å². The Morgan fingerprint density at radius 3 is 2.70 bits per heavy atom. The highest BCUT2D eigenvalue weighted by atomic mass is 14.2. The maximum absolute atomic E-state index is 2.43. The van der Waals surface area contributed by atoms with Crippen molar-refractivity contribution < 1.29 is 0 Å². The first kappa shape index (κ1) is 7.84. The molecule has 1 aliphatic rings. The summed E-state index contributed by atoms with van der Waals surface area (Å²) in [6.45, 7) is 6.91. The second-order valence-electron chi connectivity index (χ2n) is 3.61. The van der Waals surface area contributed by atoms with Crippen LogP contribution in [0.4, 0.5) is 0 Å². The lowest BCUT2D eigenvalue weighted by Gasteiger charge is -2.26. The molecule has 10 heavy (non-hydrogen) atoms. The van der Waals surface area contributed by atoms with Crippen LogP contribution in [0.1, 0.15) is 40.0 Å². The highest BCUT2D eigenvalue weighted by Gasteiger charge is 2.18. The van der Waals surface area contributed by atoms with Crippen molar-refractivity contribution in [3.63, 3.8) is 0 Å². The highest BCUT2D eigenvalue weighted by molar-refractivity contribution is 5.18. The zero-order valence-corrected chi connectivity index (χ0v) is 7.35. The third-order valence-corrected chi connectivity index (χ3v) is 2.41. The molecule has 0 amide bonds. The normalized spacial score (nSPS) is 27.1. The fourth-order valence-electron chi connectivity index (χ4n) is 1.69. The summed E-state index contributed by atoms with van der Waals surface area (Å²) >= 11 is 0. The first-order valence-electron chi connectivity index (χ1n) is 4.44. The van der Waals surface area contributed by atoms with Gasteiger partial charge in [-0.2, -0.15) is 0 Å². The van der Waals surface area contributed by atoms with Gasteiger partial charge in [0.2, 0.25) is 0 Å². The maximum atomic E-state index is 2.43. The van der Waals surface area contributed by atoms with E-state index in [1.165, 1.54) is 19.3 Å². The summed E-state index contributed by atoms with van der Waals surface area (Å²) in [5.41, 5.74) is 1.70. The summed E-state index contributed by atoms with van der Waals surface area (Å²) in [5.74, 6) is 1.73. The van der Waals surface area contributed by atoms with E-state index >= 15 is 0 Å². The highest BCUT2D eigenvalue weighted by Crippen LogP contribution is 2.32. The lowest BCUT2D eigenvalue weighted by molar-refractivity contribution is 0.501. The van der Waals surface area contributed by atoms with E-state index in [2.05, 4.69) is 26.8 Å². The van der Waals surface area contributed by atoms with E-state index in [1.807, 2.05) is 0 Å². The molecule has 0 radical (unpaired) electrons. The Morgan fingerprint density at radius 1 is 1.70 bits per heavy atom. The molecule has 1 rings (SSSR count). The van der Waals surface area contributed by atoms with Crippen LogP contribution < -0.4 is 0 Å². The Kier molecular flexibility index (Phi) is 2.53. The molecule has 0 N–H and O–H groups in total. The minimum Gasteiger partial charge on any atom is -0.0819 e.